The molecule has 1 aromatic heterocycles. The van der Waals surface area contributed by atoms with Gasteiger partial charge in [0.1, 0.15) is 25.0 Å². The number of aliphatic hydroxyl groups is 2. The Hall–Kier alpha value is -3.44. The van der Waals surface area contributed by atoms with E-state index in [2.05, 4.69) is 15.4 Å². The second-order valence-corrected chi connectivity index (χ2v) is 14.6. The summed E-state index contributed by atoms with van der Waals surface area (Å²) < 4.78 is 51.2. The number of alkyl halides is 1. The zero-order chi connectivity index (χ0) is 36.1. The van der Waals surface area contributed by atoms with E-state index >= 15 is 0 Å². The minimum Gasteiger partial charge on any atom is -0.394 e. The average Bonchev–Trinajstić information content (AvgIpc) is 3.41. The van der Waals surface area contributed by atoms with Gasteiger partial charge in [0.25, 0.3) is 5.56 Å². The number of hydrogen-bond donors (Lipinski definition) is 5. The van der Waals surface area contributed by atoms with Gasteiger partial charge in [0.05, 0.1) is 24.2 Å². The fraction of sp³-hybridized carbons (Fsp3) is 0.625. The minimum atomic E-state index is -4.37. The number of carbonyl (C=O) groups excluding carboxylic acids is 2. The van der Waals surface area contributed by atoms with Crippen LogP contribution in [0.4, 0.5) is 4.39 Å². The highest BCUT2D eigenvalue weighted by atomic mass is 32.2. The number of hydrogen-bond acceptors (Lipinski definition) is 9. The summed E-state index contributed by atoms with van der Waals surface area (Å²) in [6, 6.07) is 1.84. The molecule has 14 nitrogen and oxygen atoms in total. The Morgan fingerprint density at radius 3 is 2.15 bits per heavy atom. The molecule has 0 spiro atoms. The molecule has 1 aromatic carbocycles. The van der Waals surface area contributed by atoms with E-state index in [9.17, 15) is 42.2 Å². The Morgan fingerprint density at radius 2 is 1.65 bits per heavy atom. The Morgan fingerprint density at radius 1 is 1.04 bits per heavy atom. The molecular weight excluding hydrogens is 649 g/mol. The van der Waals surface area contributed by atoms with E-state index < -0.39 is 77.4 Å². The van der Waals surface area contributed by atoms with Gasteiger partial charge in [0.15, 0.2) is 0 Å². The molecule has 0 aliphatic carbocycles. The molecule has 3 rings (SSSR count). The summed E-state index contributed by atoms with van der Waals surface area (Å²) in [6.07, 6.45) is -1.46. The van der Waals surface area contributed by atoms with E-state index in [4.69, 9.17) is 4.74 Å². The summed E-state index contributed by atoms with van der Waals surface area (Å²) in [5.41, 5.74) is 0.921. The summed E-state index contributed by atoms with van der Waals surface area (Å²) in [7, 11) is -4.37. The summed E-state index contributed by atoms with van der Waals surface area (Å²) >= 11 is 0. The number of nitrogens with zero attached hydrogens (tertiary/aromatic N) is 2. The first-order valence-corrected chi connectivity index (χ1v) is 17.5. The van der Waals surface area contributed by atoms with E-state index in [1.807, 2.05) is 53.7 Å². The van der Waals surface area contributed by atoms with Crippen LogP contribution in [-0.2, 0) is 30.9 Å². The van der Waals surface area contributed by atoms with Crippen LogP contribution in [0.2, 0.25) is 0 Å². The molecule has 1 unspecified atom stereocenters. The van der Waals surface area contributed by atoms with E-state index in [1.165, 1.54) is 13.1 Å². The first kappa shape index (κ1) is 39.0. The molecule has 0 radical (unpaired) electrons. The lowest BCUT2D eigenvalue weighted by Gasteiger charge is -2.24. The van der Waals surface area contributed by atoms with Crippen molar-refractivity contribution < 1.29 is 37.3 Å². The Kier molecular flexibility index (Phi) is 13.3. The minimum absolute atomic E-state index is 0.00948. The molecule has 1 aliphatic heterocycles. The van der Waals surface area contributed by atoms with Crippen molar-refractivity contribution in [1.82, 2.24) is 24.5 Å². The largest absolute Gasteiger partial charge is 0.394 e. The Balaban J connectivity index is 1.67. The molecule has 2 heterocycles. The third kappa shape index (κ3) is 8.96. The quantitative estimate of drug-likeness (QED) is 0.179. The van der Waals surface area contributed by atoms with Gasteiger partial charge >= 0.3 is 5.69 Å². The van der Waals surface area contributed by atoms with Gasteiger partial charge in [-0.05, 0) is 41.4 Å². The number of aliphatic hydroxyl groups excluding tert-OH is 2. The van der Waals surface area contributed by atoms with Crippen molar-refractivity contribution in [2.75, 3.05) is 26.4 Å². The highest BCUT2D eigenvalue weighted by Crippen LogP contribution is 2.35. The standard InChI is InChI=1S/C32H48FN5O9S/c1-17(2)21-10-22(18(3)4)29(23(11-21)19(5)6)48(45,46)36-24(13-33)30(42)35-14-27(41)34-8-9-37-31(43)20(7)15-38(32(37)44)28-12-25(40)26(16-39)47-28/h10-11,15,17-19,24-26,28,36,39-40H,8-9,12-14,16H2,1-7H3,(H,34,41)(H,35,42)/t24?,25-,26+,28+/m0/s1. The van der Waals surface area contributed by atoms with Crippen LogP contribution in [0.15, 0.2) is 32.8 Å². The molecule has 4 atom stereocenters. The molecule has 0 bridgehead atoms. The van der Waals surface area contributed by atoms with Crippen LogP contribution in [0, 0.1) is 6.92 Å². The summed E-state index contributed by atoms with van der Waals surface area (Å²) in [5.74, 6) is -2.01. The predicted molar refractivity (Wildman–Crippen MR) is 176 cm³/mol. The summed E-state index contributed by atoms with van der Waals surface area (Å²) in [5, 5.41) is 24.1. The highest BCUT2D eigenvalue weighted by Gasteiger charge is 2.36. The van der Waals surface area contributed by atoms with Crippen LogP contribution in [0.1, 0.15) is 94.2 Å². The third-order valence-electron chi connectivity index (χ3n) is 8.26. The number of sulfonamides is 1. The van der Waals surface area contributed by atoms with Gasteiger partial charge in [-0.3, -0.25) is 23.5 Å². The van der Waals surface area contributed by atoms with E-state index in [-0.39, 0.29) is 47.7 Å². The average molecular weight is 698 g/mol. The van der Waals surface area contributed by atoms with Crippen molar-refractivity contribution >= 4 is 21.8 Å². The highest BCUT2D eigenvalue weighted by molar-refractivity contribution is 7.89. The van der Waals surface area contributed by atoms with E-state index in [0.29, 0.717) is 11.1 Å². The zero-order valence-electron chi connectivity index (χ0n) is 28.4. The second-order valence-electron chi connectivity index (χ2n) is 13.0. The van der Waals surface area contributed by atoms with Crippen LogP contribution in [0.25, 0.3) is 0 Å². The molecule has 5 N–H and O–H groups in total. The number of carbonyl (C=O) groups is 2. The van der Waals surface area contributed by atoms with Gasteiger partial charge in [-0.25, -0.2) is 17.6 Å². The van der Waals surface area contributed by atoms with Crippen molar-refractivity contribution in [1.29, 1.82) is 0 Å². The molecule has 1 aliphatic rings. The lowest BCUT2D eigenvalue weighted by Crippen LogP contribution is -2.50. The molecule has 1 saturated heterocycles. The maximum absolute atomic E-state index is 14.1. The fourth-order valence-electron chi connectivity index (χ4n) is 5.47. The lowest BCUT2D eigenvalue weighted by molar-refractivity contribution is -0.127. The number of nitrogens with one attached hydrogen (secondary N) is 3. The topological polar surface area (TPSA) is 198 Å². The van der Waals surface area contributed by atoms with Crippen molar-refractivity contribution in [2.24, 2.45) is 0 Å². The van der Waals surface area contributed by atoms with Gasteiger partial charge in [-0.1, -0.05) is 53.7 Å². The second kappa shape index (κ2) is 16.3. The number of aromatic nitrogens is 2. The van der Waals surface area contributed by atoms with E-state index in [1.54, 1.807) is 0 Å². The number of ether oxygens (including phenoxy) is 1. The number of aryl methyl sites for hydroxylation is 1. The smallest absolute Gasteiger partial charge is 0.333 e. The maximum Gasteiger partial charge on any atom is 0.333 e. The van der Waals surface area contributed by atoms with Gasteiger partial charge in [0, 0.05) is 31.3 Å². The van der Waals surface area contributed by atoms with Crippen molar-refractivity contribution in [3.63, 3.8) is 0 Å². The normalized spacial score (nSPS) is 18.9. The molecular formula is C32H48FN5O9S. The summed E-state index contributed by atoms with van der Waals surface area (Å²) in [4.78, 5) is 51.1. The van der Waals surface area contributed by atoms with Crippen LogP contribution < -0.4 is 26.6 Å². The Labute approximate surface area is 279 Å². The number of rotatable bonds is 15. The van der Waals surface area contributed by atoms with Crippen LogP contribution in [0.5, 0.6) is 0 Å². The number of benzene rings is 1. The maximum atomic E-state index is 14.1. The van der Waals surface area contributed by atoms with Gasteiger partial charge < -0.3 is 25.6 Å². The van der Waals surface area contributed by atoms with E-state index in [0.717, 1.165) is 14.7 Å². The van der Waals surface area contributed by atoms with Gasteiger partial charge in [-0.2, -0.15) is 4.72 Å². The Bertz CT molecular complexity index is 1680. The molecule has 268 valence electrons. The molecule has 2 amide bonds. The van der Waals surface area contributed by atoms with Gasteiger partial charge in [0.2, 0.25) is 21.8 Å². The fourth-order valence-corrected chi connectivity index (χ4v) is 7.35. The predicted octanol–water partition coefficient (Wildman–Crippen LogP) is 0.878. The monoisotopic (exact) mass is 697 g/mol. The molecule has 48 heavy (non-hydrogen) atoms. The van der Waals surface area contributed by atoms with Crippen LogP contribution in [-0.4, -0.2) is 84.2 Å². The summed E-state index contributed by atoms with van der Waals surface area (Å²) in [6.45, 7) is 10.0. The molecule has 2 aromatic rings. The SMILES string of the molecule is Cc1cn([C@H]2C[C@H](O)[C@@H](CO)O2)c(=O)n(CCNC(=O)CNC(=O)C(CF)NS(=O)(=O)c2c(C(C)C)cc(C(C)C)cc2C(C)C)c1=O. The number of amides is 2. The zero-order valence-corrected chi connectivity index (χ0v) is 29.3. The number of halogens is 1. The van der Waals surface area contributed by atoms with Crippen molar-refractivity contribution in [3.8, 4) is 0 Å². The van der Waals surface area contributed by atoms with Crippen LogP contribution >= 0.6 is 0 Å². The van der Waals surface area contributed by atoms with Crippen molar-refractivity contribution in [3.05, 3.63) is 61.4 Å². The lowest BCUT2D eigenvalue weighted by atomic mass is 9.89. The first-order chi connectivity index (χ1) is 22.4. The molecule has 16 heteroatoms. The molecule has 1 fully saturated rings. The first-order valence-electron chi connectivity index (χ1n) is 16.0. The van der Waals surface area contributed by atoms with Crippen molar-refractivity contribution in [2.45, 2.75) is 109 Å². The van der Waals surface area contributed by atoms with Crippen LogP contribution in [0.3, 0.4) is 0 Å². The van der Waals surface area contributed by atoms with Gasteiger partial charge in [-0.15, -0.1) is 0 Å². The third-order valence-corrected chi connectivity index (χ3v) is 9.86. The molecule has 0 saturated carbocycles.